The summed E-state index contributed by atoms with van der Waals surface area (Å²) in [5, 5.41) is 7.20. The van der Waals surface area contributed by atoms with Crippen LogP contribution < -0.4 is 0 Å². The van der Waals surface area contributed by atoms with E-state index < -0.39 is 0 Å². The molecule has 0 atom stereocenters. The topological polar surface area (TPSA) is 30.4 Å². The van der Waals surface area contributed by atoms with E-state index in [1.54, 1.807) is 0 Å². The number of benzene rings is 4. The fourth-order valence-electron chi connectivity index (χ4n) is 5.81. The molecular weight excluding hydrogens is 460 g/mol. The summed E-state index contributed by atoms with van der Waals surface area (Å²) >= 11 is 1.86. The molecule has 4 aromatic carbocycles. The highest BCUT2D eigenvalue weighted by Gasteiger charge is 2.22. The number of para-hydroxylation sites is 2. The number of nitrogens with zero attached hydrogens (tertiary/aromatic N) is 2. The number of allylic oxidation sites excluding steroid dienone is 1. The number of hydrogen-bond donors (Lipinski definition) is 0. The summed E-state index contributed by atoms with van der Waals surface area (Å²) in [5.74, 6) is 0.833. The van der Waals surface area contributed by atoms with Gasteiger partial charge in [-0.3, -0.25) is 4.40 Å². The Morgan fingerprint density at radius 1 is 0.833 bits per heavy atom. The number of rotatable bonds is 2. The summed E-state index contributed by atoms with van der Waals surface area (Å²) < 4.78 is 11.3. The molecule has 8 aromatic rings. The lowest BCUT2D eigenvalue weighted by molar-refractivity contribution is 0.603. The molecule has 0 bridgehead atoms. The zero-order valence-electron chi connectivity index (χ0n) is 19.6. The first kappa shape index (κ1) is 19.8. The zero-order valence-corrected chi connectivity index (χ0v) is 20.4. The van der Waals surface area contributed by atoms with Crippen LogP contribution in [0.1, 0.15) is 18.2 Å². The van der Waals surface area contributed by atoms with E-state index in [4.69, 9.17) is 9.40 Å². The molecule has 36 heavy (non-hydrogen) atoms. The van der Waals surface area contributed by atoms with Crippen molar-refractivity contribution in [3.05, 3.63) is 96.8 Å². The molecule has 4 heteroatoms. The highest BCUT2D eigenvalue weighted by atomic mass is 32.1. The Morgan fingerprint density at radius 3 is 2.56 bits per heavy atom. The number of pyridine rings is 1. The molecule has 4 heterocycles. The van der Waals surface area contributed by atoms with Crippen molar-refractivity contribution in [3.63, 3.8) is 0 Å². The van der Waals surface area contributed by atoms with Gasteiger partial charge in [0.05, 0.1) is 16.6 Å². The van der Waals surface area contributed by atoms with Gasteiger partial charge in [-0.05, 0) is 49.4 Å². The van der Waals surface area contributed by atoms with E-state index in [9.17, 15) is 0 Å². The number of aromatic nitrogens is 2. The van der Waals surface area contributed by atoms with Crippen LogP contribution in [0.15, 0.2) is 89.9 Å². The molecule has 0 aliphatic heterocycles. The molecule has 0 radical (unpaired) electrons. The van der Waals surface area contributed by atoms with Crippen LogP contribution in [0.5, 0.6) is 0 Å². The van der Waals surface area contributed by atoms with Gasteiger partial charge in [-0.25, -0.2) is 4.98 Å². The maximum atomic E-state index is 6.35. The lowest BCUT2D eigenvalue weighted by atomic mass is 9.97. The highest BCUT2D eigenvalue weighted by molar-refractivity contribution is 7.26. The third kappa shape index (κ3) is 2.39. The fourth-order valence-corrected chi connectivity index (χ4v) is 7.06. The lowest BCUT2D eigenvalue weighted by Crippen LogP contribution is -1.92. The Labute approximate surface area is 210 Å². The molecule has 8 rings (SSSR count). The molecule has 0 unspecified atom stereocenters. The molecule has 0 saturated heterocycles. The monoisotopic (exact) mass is 480 g/mol. The van der Waals surface area contributed by atoms with Gasteiger partial charge < -0.3 is 4.42 Å². The quantitative estimate of drug-likeness (QED) is 0.231. The number of fused-ring (bicyclic) bond motifs is 14. The molecule has 0 aliphatic rings. The Hall–Kier alpha value is -4.41. The molecule has 0 saturated carbocycles. The Morgan fingerprint density at radius 2 is 1.67 bits per heavy atom. The van der Waals surface area contributed by atoms with Crippen LogP contribution in [0.3, 0.4) is 0 Å². The molecule has 0 fully saturated rings. The molecule has 4 aromatic heterocycles. The van der Waals surface area contributed by atoms with E-state index in [0.29, 0.717) is 0 Å². The first-order valence-electron chi connectivity index (χ1n) is 12.1. The van der Waals surface area contributed by atoms with Crippen molar-refractivity contribution in [2.45, 2.75) is 6.92 Å². The zero-order chi connectivity index (χ0) is 24.0. The first-order valence-corrected chi connectivity index (χ1v) is 12.9. The van der Waals surface area contributed by atoms with Gasteiger partial charge in [0.2, 0.25) is 0 Å². The van der Waals surface area contributed by atoms with Crippen molar-refractivity contribution in [3.8, 4) is 0 Å². The minimum atomic E-state index is 0.833. The minimum Gasteiger partial charge on any atom is -0.456 e. The predicted molar refractivity (Wildman–Crippen MR) is 155 cm³/mol. The number of imidazole rings is 1. The number of hydrogen-bond acceptors (Lipinski definition) is 3. The van der Waals surface area contributed by atoms with Crippen LogP contribution in [0.2, 0.25) is 0 Å². The summed E-state index contributed by atoms with van der Waals surface area (Å²) in [6.45, 7) is 6.17. The summed E-state index contributed by atoms with van der Waals surface area (Å²) in [4.78, 5) is 5.12. The highest BCUT2D eigenvalue weighted by Crippen LogP contribution is 2.46. The second-order valence-corrected chi connectivity index (χ2v) is 10.2. The van der Waals surface area contributed by atoms with E-state index in [0.717, 1.165) is 49.9 Å². The van der Waals surface area contributed by atoms with Crippen molar-refractivity contribution in [2.75, 3.05) is 0 Å². The van der Waals surface area contributed by atoms with Crippen LogP contribution in [-0.2, 0) is 0 Å². The van der Waals surface area contributed by atoms with Gasteiger partial charge in [0.15, 0.2) is 0 Å². The van der Waals surface area contributed by atoms with Gasteiger partial charge in [0.25, 0.3) is 0 Å². The number of furan rings is 1. The molecule has 170 valence electrons. The molecule has 0 spiro atoms. The van der Waals surface area contributed by atoms with Gasteiger partial charge in [-0.2, -0.15) is 0 Å². The van der Waals surface area contributed by atoms with Gasteiger partial charge in [-0.1, -0.05) is 55.1 Å². The van der Waals surface area contributed by atoms with Gasteiger partial charge in [0.1, 0.15) is 17.0 Å². The van der Waals surface area contributed by atoms with Crippen molar-refractivity contribution < 1.29 is 4.42 Å². The SMILES string of the molecule is C=Cc1c(/C=C\C)oc2ccc3c(c12)c1c2sc4ccccc4c2ccc1n1c2ccccc2nc31. The lowest BCUT2D eigenvalue weighted by Gasteiger charge is -2.11. The normalized spacial score (nSPS) is 12.6. The van der Waals surface area contributed by atoms with Crippen LogP contribution in [0.4, 0.5) is 0 Å². The predicted octanol–water partition coefficient (Wildman–Crippen LogP) is 9.58. The van der Waals surface area contributed by atoms with E-state index >= 15 is 0 Å². The van der Waals surface area contributed by atoms with Crippen LogP contribution in [0, 0.1) is 0 Å². The van der Waals surface area contributed by atoms with Crippen LogP contribution in [-0.4, -0.2) is 9.38 Å². The first-order chi connectivity index (χ1) is 17.8. The van der Waals surface area contributed by atoms with E-state index in [-0.39, 0.29) is 0 Å². The second kappa shape index (κ2) is 7.06. The molecular formula is C32H20N2OS. The molecule has 0 N–H and O–H groups in total. The summed E-state index contributed by atoms with van der Waals surface area (Å²) in [6, 6.07) is 25.8. The Kier molecular flexibility index (Phi) is 3.89. The van der Waals surface area contributed by atoms with E-state index in [2.05, 4.69) is 83.8 Å². The second-order valence-electron chi connectivity index (χ2n) is 9.14. The Balaban J connectivity index is 1.77. The maximum absolute atomic E-state index is 6.35. The van der Waals surface area contributed by atoms with E-state index in [1.165, 1.54) is 30.9 Å². The van der Waals surface area contributed by atoms with Crippen molar-refractivity contribution in [1.29, 1.82) is 0 Å². The number of thiophene rings is 1. The van der Waals surface area contributed by atoms with Gasteiger partial charge in [-0.15, -0.1) is 11.3 Å². The summed E-state index contributed by atoms with van der Waals surface area (Å²) in [5.41, 5.74) is 6.12. The Bertz CT molecular complexity index is 2240. The maximum Gasteiger partial charge on any atom is 0.146 e. The van der Waals surface area contributed by atoms with Gasteiger partial charge in [0, 0.05) is 47.3 Å². The molecule has 0 aliphatic carbocycles. The van der Waals surface area contributed by atoms with Crippen molar-refractivity contribution in [2.24, 2.45) is 0 Å². The van der Waals surface area contributed by atoms with Crippen LogP contribution in [0.25, 0.3) is 81.6 Å². The van der Waals surface area contributed by atoms with E-state index in [1.807, 2.05) is 36.5 Å². The molecule has 0 amide bonds. The van der Waals surface area contributed by atoms with Crippen LogP contribution >= 0.6 is 11.3 Å². The van der Waals surface area contributed by atoms with Gasteiger partial charge >= 0.3 is 0 Å². The standard InChI is InChI=1S/C32H20N2OS/c1-3-9-25-18(4-2)28-26(35-25)17-15-21-29(28)30-24(34-23-12-7-6-11-22(23)33-32(21)34)16-14-20-19-10-5-8-13-27(19)36-31(20)30/h3-17H,2H2,1H3/b9-3-. The summed E-state index contributed by atoms with van der Waals surface area (Å²) in [7, 11) is 0. The van der Waals surface area contributed by atoms with Crippen molar-refractivity contribution >= 4 is 93.0 Å². The largest absolute Gasteiger partial charge is 0.456 e. The smallest absolute Gasteiger partial charge is 0.146 e. The van der Waals surface area contributed by atoms with Crippen molar-refractivity contribution in [1.82, 2.24) is 9.38 Å². The third-order valence-electron chi connectivity index (χ3n) is 7.26. The minimum absolute atomic E-state index is 0.833. The molecule has 3 nitrogen and oxygen atoms in total. The average molecular weight is 481 g/mol. The fraction of sp³-hybridized carbons (Fsp3) is 0.0312. The third-order valence-corrected chi connectivity index (χ3v) is 8.47. The summed E-state index contributed by atoms with van der Waals surface area (Å²) in [6.07, 6.45) is 5.95. The average Bonchev–Trinajstić information content (AvgIpc) is 3.59.